The summed E-state index contributed by atoms with van der Waals surface area (Å²) >= 11 is 1.45. The predicted molar refractivity (Wildman–Crippen MR) is 104 cm³/mol. The topological polar surface area (TPSA) is 89.5 Å². The Morgan fingerprint density at radius 2 is 1.93 bits per heavy atom. The van der Waals surface area contributed by atoms with Gasteiger partial charge in [-0.15, -0.1) is 0 Å². The highest BCUT2D eigenvalue weighted by Gasteiger charge is 2.43. The molecule has 0 radical (unpaired) electrons. The van der Waals surface area contributed by atoms with E-state index in [9.17, 15) is 14.9 Å². The molecule has 3 atom stereocenters. The molecule has 1 heterocycles. The lowest BCUT2D eigenvalue weighted by Gasteiger charge is -2.20. The number of nitrogens with two attached hydrogens (primary N) is 1. The highest BCUT2D eigenvalue weighted by molar-refractivity contribution is 7.99. The summed E-state index contributed by atoms with van der Waals surface area (Å²) in [6.45, 7) is 1.33. The van der Waals surface area contributed by atoms with Gasteiger partial charge in [0.1, 0.15) is 0 Å². The third kappa shape index (κ3) is 3.57. The lowest BCUT2D eigenvalue weighted by Crippen LogP contribution is -2.33. The van der Waals surface area contributed by atoms with E-state index in [4.69, 9.17) is 5.73 Å². The summed E-state index contributed by atoms with van der Waals surface area (Å²) in [6, 6.07) is 14.4. The van der Waals surface area contributed by atoms with E-state index in [0.29, 0.717) is 30.5 Å². The van der Waals surface area contributed by atoms with Crippen molar-refractivity contribution in [3.05, 3.63) is 64.2 Å². The molecule has 2 aromatic rings. The Morgan fingerprint density at radius 3 is 2.63 bits per heavy atom. The number of hydrogen-bond acceptors (Lipinski definition) is 5. The number of nitrogens with zero attached hydrogens (tertiary/aromatic N) is 2. The molecule has 27 heavy (non-hydrogen) atoms. The van der Waals surface area contributed by atoms with E-state index in [1.54, 1.807) is 6.07 Å². The number of nitro groups is 1. The van der Waals surface area contributed by atoms with Gasteiger partial charge in [-0.2, -0.15) is 0 Å². The molecule has 2 N–H and O–H groups in total. The van der Waals surface area contributed by atoms with Crippen molar-refractivity contribution in [1.82, 2.24) is 4.90 Å². The van der Waals surface area contributed by atoms with Crippen LogP contribution in [0.25, 0.3) is 0 Å². The van der Waals surface area contributed by atoms with Gasteiger partial charge in [-0.05, 0) is 42.9 Å². The van der Waals surface area contributed by atoms with Crippen LogP contribution in [0.5, 0.6) is 0 Å². The van der Waals surface area contributed by atoms with Crippen molar-refractivity contribution in [2.45, 2.75) is 28.7 Å². The Bertz CT molecular complexity index is 874. The minimum absolute atomic E-state index is 0.0631. The van der Waals surface area contributed by atoms with Crippen molar-refractivity contribution in [1.29, 1.82) is 0 Å². The summed E-state index contributed by atoms with van der Waals surface area (Å²) in [5.74, 6) is 0.657. The van der Waals surface area contributed by atoms with Gasteiger partial charge in [-0.3, -0.25) is 14.9 Å². The SMILES string of the molecule is NC1CCC2CN(C(=O)c3cc([N+](=O)[O-])ccc3Sc3ccccc3)CC12. The van der Waals surface area contributed by atoms with Gasteiger partial charge in [-0.25, -0.2) is 0 Å². The normalized spacial score (nSPS) is 24.0. The fourth-order valence-corrected chi connectivity index (χ4v) is 5.09. The van der Waals surface area contributed by atoms with Crippen molar-refractivity contribution in [3.63, 3.8) is 0 Å². The monoisotopic (exact) mass is 383 g/mol. The number of amides is 1. The van der Waals surface area contributed by atoms with Crippen LogP contribution in [0, 0.1) is 22.0 Å². The third-order valence-corrected chi connectivity index (χ3v) is 6.66. The summed E-state index contributed by atoms with van der Waals surface area (Å²) in [5, 5.41) is 11.2. The molecule has 1 aliphatic heterocycles. The van der Waals surface area contributed by atoms with Crippen LogP contribution >= 0.6 is 11.8 Å². The van der Waals surface area contributed by atoms with Crippen LogP contribution in [0.15, 0.2) is 58.3 Å². The Morgan fingerprint density at radius 1 is 1.15 bits per heavy atom. The molecular weight excluding hydrogens is 362 g/mol. The molecule has 0 bridgehead atoms. The van der Waals surface area contributed by atoms with Crippen molar-refractivity contribution in [2.24, 2.45) is 17.6 Å². The number of carbonyl (C=O) groups excluding carboxylic acids is 1. The Labute approximate surface area is 161 Å². The molecule has 6 nitrogen and oxygen atoms in total. The van der Waals surface area contributed by atoms with Crippen LogP contribution in [0.1, 0.15) is 23.2 Å². The first kappa shape index (κ1) is 18.0. The van der Waals surface area contributed by atoms with Crippen LogP contribution in [0.4, 0.5) is 5.69 Å². The first-order valence-corrected chi connectivity index (χ1v) is 9.91. The average molecular weight is 383 g/mol. The summed E-state index contributed by atoms with van der Waals surface area (Å²) in [4.78, 5) is 27.5. The molecule has 7 heteroatoms. The fourth-order valence-electron chi connectivity index (χ4n) is 4.15. The molecular formula is C20H21N3O3S. The van der Waals surface area contributed by atoms with Crippen molar-refractivity contribution < 1.29 is 9.72 Å². The first-order chi connectivity index (χ1) is 13.0. The number of benzene rings is 2. The van der Waals surface area contributed by atoms with Crippen molar-refractivity contribution in [3.8, 4) is 0 Å². The molecule has 0 spiro atoms. The molecule has 140 valence electrons. The maximum atomic E-state index is 13.2. The molecule has 2 fully saturated rings. The summed E-state index contributed by atoms with van der Waals surface area (Å²) in [6.07, 6.45) is 2.07. The Hall–Kier alpha value is -2.38. The van der Waals surface area contributed by atoms with E-state index in [0.717, 1.165) is 22.6 Å². The number of likely N-dealkylation sites (tertiary alicyclic amines) is 1. The van der Waals surface area contributed by atoms with E-state index in [1.165, 1.54) is 23.9 Å². The van der Waals surface area contributed by atoms with Crippen LogP contribution in [0.3, 0.4) is 0 Å². The highest BCUT2D eigenvalue weighted by atomic mass is 32.2. The fraction of sp³-hybridized carbons (Fsp3) is 0.350. The largest absolute Gasteiger partial charge is 0.338 e. The molecule has 1 aliphatic carbocycles. The standard InChI is InChI=1S/C20H21N3O3S/c21-18-8-6-13-11-22(12-17(13)18)20(24)16-10-14(23(25)26)7-9-19(16)27-15-4-2-1-3-5-15/h1-5,7,9-10,13,17-18H,6,8,11-12,21H2. The quantitative estimate of drug-likeness (QED) is 0.644. The summed E-state index contributed by atoms with van der Waals surface area (Å²) in [7, 11) is 0. The summed E-state index contributed by atoms with van der Waals surface area (Å²) < 4.78 is 0. The second-order valence-electron chi connectivity index (χ2n) is 7.23. The first-order valence-electron chi connectivity index (χ1n) is 9.09. The maximum Gasteiger partial charge on any atom is 0.270 e. The van der Waals surface area contributed by atoms with E-state index < -0.39 is 4.92 Å². The molecule has 2 aliphatic rings. The van der Waals surface area contributed by atoms with E-state index in [1.807, 2.05) is 35.2 Å². The number of non-ortho nitro benzene ring substituents is 1. The van der Waals surface area contributed by atoms with Crippen molar-refractivity contribution in [2.75, 3.05) is 13.1 Å². The predicted octanol–water partition coefficient (Wildman–Crippen LogP) is 3.56. The van der Waals surface area contributed by atoms with E-state index >= 15 is 0 Å². The molecule has 1 saturated carbocycles. The number of nitro benzene ring substituents is 1. The zero-order valence-electron chi connectivity index (χ0n) is 14.8. The molecule has 0 aromatic heterocycles. The lowest BCUT2D eigenvalue weighted by atomic mass is 9.98. The highest BCUT2D eigenvalue weighted by Crippen LogP contribution is 2.39. The zero-order chi connectivity index (χ0) is 19.0. The van der Waals surface area contributed by atoms with Crippen LogP contribution in [-0.4, -0.2) is 34.9 Å². The zero-order valence-corrected chi connectivity index (χ0v) is 15.6. The van der Waals surface area contributed by atoms with Gasteiger partial charge in [0.2, 0.25) is 0 Å². The molecule has 2 aromatic carbocycles. The van der Waals surface area contributed by atoms with Gasteiger partial charge in [0.05, 0.1) is 10.5 Å². The van der Waals surface area contributed by atoms with Crippen LogP contribution < -0.4 is 5.73 Å². The average Bonchev–Trinajstić information content (AvgIpc) is 3.24. The summed E-state index contributed by atoms with van der Waals surface area (Å²) in [5.41, 5.74) is 6.52. The molecule has 1 saturated heterocycles. The second-order valence-corrected chi connectivity index (χ2v) is 8.34. The minimum atomic E-state index is -0.456. The third-order valence-electron chi connectivity index (χ3n) is 5.57. The number of fused-ring (bicyclic) bond motifs is 1. The van der Waals surface area contributed by atoms with Gasteiger partial charge in [0.15, 0.2) is 0 Å². The van der Waals surface area contributed by atoms with Gasteiger partial charge in [0.25, 0.3) is 11.6 Å². The van der Waals surface area contributed by atoms with Crippen molar-refractivity contribution >= 4 is 23.4 Å². The van der Waals surface area contributed by atoms with Gasteiger partial charge in [0, 0.05) is 41.1 Å². The van der Waals surface area contributed by atoms with Gasteiger partial charge >= 0.3 is 0 Å². The van der Waals surface area contributed by atoms with Crippen LogP contribution in [-0.2, 0) is 0 Å². The number of hydrogen-bond donors (Lipinski definition) is 1. The second kappa shape index (κ2) is 7.32. The Balaban J connectivity index is 1.64. The molecule has 1 amide bonds. The number of rotatable bonds is 4. The molecule has 4 rings (SSSR count). The lowest BCUT2D eigenvalue weighted by molar-refractivity contribution is -0.384. The van der Waals surface area contributed by atoms with E-state index in [2.05, 4.69) is 0 Å². The number of carbonyl (C=O) groups is 1. The molecule has 3 unspecified atom stereocenters. The minimum Gasteiger partial charge on any atom is -0.338 e. The maximum absolute atomic E-state index is 13.2. The van der Waals surface area contributed by atoms with Gasteiger partial charge < -0.3 is 10.6 Å². The van der Waals surface area contributed by atoms with E-state index in [-0.39, 0.29) is 17.6 Å². The van der Waals surface area contributed by atoms with Gasteiger partial charge in [-0.1, -0.05) is 30.0 Å². The Kier molecular flexibility index (Phi) is 4.88. The van der Waals surface area contributed by atoms with Crippen LogP contribution in [0.2, 0.25) is 0 Å². The smallest absolute Gasteiger partial charge is 0.270 e.